The minimum atomic E-state index is -1.21. The molecular formula is C14H18N2O6. The number of carboxylic acid groups (broad SMARTS) is 1. The molecule has 1 atom stereocenters. The molecule has 2 aliphatic rings. The molecule has 0 aliphatic carbocycles. The van der Waals surface area contributed by atoms with E-state index in [1.807, 2.05) is 0 Å². The number of carbonyl (C=O) groups is 5. The maximum atomic E-state index is 11.6. The molecule has 0 radical (unpaired) electrons. The van der Waals surface area contributed by atoms with E-state index < -0.39 is 23.8 Å². The first-order valence-corrected chi connectivity index (χ1v) is 7.32. The molecule has 2 rings (SSSR count). The van der Waals surface area contributed by atoms with E-state index in [0.717, 1.165) is 4.90 Å². The van der Waals surface area contributed by atoms with Gasteiger partial charge in [-0.25, -0.2) is 4.79 Å². The highest BCUT2D eigenvalue weighted by molar-refractivity contribution is 6.04. The molecular weight excluding hydrogens is 292 g/mol. The predicted octanol–water partition coefficient (Wildman–Crippen LogP) is -0.0921. The van der Waals surface area contributed by atoms with Gasteiger partial charge in [0, 0.05) is 32.2 Å². The first kappa shape index (κ1) is 16.1. The molecule has 0 unspecified atom stereocenters. The van der Waals surface area contributed by atoms with Gasteiger partial charge < -0.3 is 5.11 Å². The van der Waals surface area contributed by atoms with Gasteiger partial charge in [-0.15, -0.1) is 0 Å². The van der Waals surface area contributed by atoms with Crippen molar-refractivity contribution in [2.75, 3.05) is 6.54 Å². The molecule has 0 spiro atoms. The number of imide groups is 2. The third-order valence-electron chi connectivity index (χ3n) is 3.95. The molecule has 2 saturated heterocycles. The van der Waals surface area contributed by atoms with Gasteiger partial charge in [0.1, 0.15) is 6.04 Å². The summed E-state index contributed by atoms with van der Waals surface area (Å²) in [6, 6.07) is -1.16. The van der Waals surface area contributed by atoms with Gasteiger partial charge in [0.05, 0.1) is 0 Å². The normalized spacial score (nSPS) is 20.2. The molecule has 2 aliphatic heterocycles. The van der Waals surface area contributed by atoms with Crippen molar-refractivity contribution in [1.29, 1.82) is 0 Å². The quantitative estimate of drug-likeness (QED) is 0.519. The van der Waals surface area contributed by atoms with E-state index in [1.54, 1.807) is 0 Å². The minimum Gasteiger partial charge on any atom is -0.480 e. The van der Waals surface area contributed by atoms with Crippen molar-refractivity contribution in [3.63, 3.8) is 0 Å². The fourth-order valence-corrected chi connectivity index (χ4v) is 2.78. The van der Waals surface area contributed by atoms with Crippen LogP contribution in [-0.4, -0.2) is 57.1 Å². The zero-order valence-corrected chi connectivity index (χ0v) is 12.1. The highest BCUT2D eigenvalue weighted by Crippen LogP contribution is 2.20. The van der Waals surface area contributed by atoms with Gasteiger partial charge >= 0.3 is 5.97 Å². The summed E-state index contributed by atoms with van der Waals surface area (Å²) in [7, 11) is 0. The lowest BCUT2D eigenvalue weighted by Crippen LogP contribution is -2.44. The number of carbonyl (C=O) groups excluding carboxylic acids is 4. The van der Waals surface area contributed by atoms with E-state index in [-0.39, 0.29) is 50.5 Å². The van der Waals surface area contributed by atoms with Gasteiger partial charge in [-0.1, -0.05) is 0 Å². The molecule has 22 heavy (non-hydrogen) atoms. The van der Waals surface area contributed by atoms with Gasteiger partial charge in [-0.05, 0) is 19.3 Å². The number of unbranched alkanes of at least 4 members (excludes halogenated alkanes) is 1. The summed E-state index contributed by atoms with van der Waals surface area (Å²) in [6.45, 7) is 0.256. The lowest BCUT2D eigenvalue weighted by molar-refractivity contribution is -0.154. The third-order valence-corrected chi connectivity index (χ3v) is 3.95. The van der Waals surface area contributed by atoms with Crippen LogP contribution in [0.4, 0.5) is 0 Å². The van der Waals surface area contributed by atoms with Crippen LogP contribution in [0, 0.1) is 0 Å². The minimum absolute atomic E-state index is 0.0550. The Labute approximate surface area is 127 Å². The summed E-state index contributed by atoms with van der Waals surface area (Å²) in [6.07, 6.45) is 1.56. The topological polar surface area (TPSA) is 112 Å². The molecule has 8 nitrogen and oxygen atoms in total. The smallest absolute Gasteiger partial charge is 0.326 e. The molecule has 0 aromatic carbocycles. The highest BCUT2D eigenvalue weighted by Gasteiger charge is 2.38. The lowest BCUT2D eigenvalue weighted by Gasteiger charge is -2.22. The Kier molecular flexibility index (Phi) is 4.89. The van der Waals surface area contributed by atoms with Gasteiger partial charge in [0.2, 0.25) is 23.6 Å². The first-order chi connectivity index (χ1) is 10.4. The van der Waals surface area contributed by atoms with E-state index in [0.29, 0.717) is 12.8 Å². The Morgan fingerprint density at radius 1 is 0.909 bits per heavy atom. The van der Waals surface area contributed by atoms with Gasteiger partial charge in [0.25, 0.3) is 0 Å². The standard InChI is InChI=1S/C14H18N2O6/c17-10-4-5-11(18)15(10)8-2-1-3-9(14(21)22)16-12(19)6-7-13(16)20/h9H,1-8H2,(H,21,22)/t9-/m0/s1. The summed E-state index contributed by atoms with van der Waals surface area (Å²) in [5, 5.41) is 9.20. The van der Waals surface area contributed by atoms with Crippen LogP contribution in [0.3, 0.4) is 0 Å². The summed E-state index contributed by atoms with van der Waals surface area (Å²) < 4.78 is 0. The average molecular weight is 310 g/mol. The monoisotopic (exact) mass is 310 g/mol. The Balaban J connectivity index is 1.84. The van der Waals surface area contributed by atoms with Crippen molar-refractivity contribution in [1.82, 2.24) is 9.80 Å². The molecule has 0 saturated carbocycles. The number of carboxylic acids is 1. The Morgan fingerprint density at radius 2 is 1.41 bits per heavy atom. The van der Waals surface area contributed by atoms with Crippen LogP contribution < -0.4 is 0 Å². The molecule has 8 heteroatoms. The number of rotatable bonds is 7. The van der Waals surface area contributed by atoms with Gasteiger partial charge in [0.15, 0.2) is 0 Å². The second-order valence-corrected chi connectivity index (χ2v) is 5.45. The van der Waals surface area contributed by atoms with E-state index >= 15 is 0 Å². The molecule has 2 heterocycles. The molecule has 0 aromatic heterocycles. The maximum Gasteiger partial charge on any atom is 0.326 e. The molecule has 0 aromatic rings. The van der Waals surface area contributed by atoms with Crippen LogP contribution >= 0.6 is 0 Å². The highest BCUT2D eigenvalue weighted by atomic mass is 16.4. The number of hydrogen-bond donors (Lipinski definition) is 1. The zero-order chi connectivity index (χ0) is 16.3. The average Bonchev–Trinajstić information content (AvgIpc) is 2.95. The first-order valence-electron chi connectivity index (χ1n) is 7.32. The van der Waals surface area contributed by atoms with E-state index in [4.69, 9.17) is 0 Å². The fraction of sp³-hybridized carbons (Fsp3) is 0.643. The Morgan fingerprint density at radius 3 is 1.91 bits per heavy atom. The fourth-order valence-electron chi connectivity index (χ4n) is 2.78. The van der Waals surface area contributed by atoms with Crippen molar-refractivity contribution < 1.29 is 29.1 Å². The van der Waals surface area contributed by atoms with Gasteiger partial charge in [-0.2, -0.15) is 0 Å². The summed E-state index contributed by atoms with van der Waals surface area (Å²) in [4.78, 5) is 59.3. The van der Waals surface area contributed by atoms with E-state index in [9.17, 15) is 29.1 Å². The van der Waals surface area contributed by atoms with Crippen molar-refractivity contribution >= 4 is 29.6 Å². The predicted molar refractivity (Wildman–Crippen MR) is 72.3 cm³/mol. The molecule has 0 bridgehead atoms. The molecule has 2 fully saturated rings. The zero-order valence-electron chi connectivity index (χ0n) is 12.1. The van der Waals surface area contributed by atoms with Crippen LogP contribution in [0.1, 0.15) is 44.9 Å². The molecule has 1 N–H and O–H groups in total. The van der Waals surface area contributed by atoms with Crippen molar-refractivity contribution in [2.45, 2.75) is 51.0 Å². The lowest BCUT2D eigenvalue weighted by atomic mass is 10.1. The molecule has 4 amide bonds. The Hall–Kier alpha value is -2.25. The number of hydrogen-bond acceptors (Lipinski definition) is 5. The number of nitrogens with zero attached hydrogens (tertiary/aromatic N) is 2. The second-order valence-electron chi connectivity index (χ2n) is 5.45. The number of likely N-dealkylation sites (tertiary alicyclic amines) is 2. The maximum absolute atomic E-state index is 11.6. The number of aliphatic carboxylic acids is 1. The van der Waals surface area contributed by atoms with Crippen molar-refractivity contribution in [3.05, 3.63) is 0 Å². The van der Waals surface area contributed by atoms with E-state index in [1.165, 1.54) is 4.90 Å². The van der Waals surface area contributed by atoms with E-state index in [2.05, 4.69) is 0 Å². The summed E-state index contributed by atoms with van der Waals surface area (Å²) in [5.41, 5.74) is 0. The largest absolute Gasteiger partial charge is 0.480 e. The third kappa shape index (κ3) is 3.32. The Bertz CT molecular complexity index is 497. The van der Waals surface area contributed by atoms with Crippen molar-refractivity contribution in [3.8, 4) is 0 Å². The SMILES string of the molecule is O=C(O)[C@H](CCCCN1C(=O)CCC1=O)N1C(=O)CCC1=O. The van der Waals surface area contributed by atoms with Gasteiger partial charge in [-0.3, -0.25) is 29.0 Å². The van der Waals surface area contributed by atoms with Crippen molar-refractivity contribution in [2.24, 2.45) is 0 Å². The van der Waals surface area contributed by atoms with Crippen LogP contribution in [0.2, 0.25) is 0 Å². The van der Waals surface area contributed by atoms with Crippen LogP contribution in [0.5, 0.6) is 0 Å². The van der Waals surface area contributed by atoms with Crippen LogP contribution in [-0.2, 0) is 24.0 Å². The molecule has 120 valence electrons. The van der Waals surface area contributed by atoms with Crippen LogP contribution in [0.25, 0.3) is 0 Å². The summed E-state index contributed by atoms with van der Waals surface area (Å²) >= 11 is 0. The van der Waals surface area contributed by atoms with Crippen LogP contribution in [0.15, 0.2) is 0 Å². The summed E-state index contributed by atoms with van der Waals surface area (Å²) in [5.74, 6) is -2.53. The second kappa shape index (κ2) is 6.67. The number of amides is 4.